The summed E-state index contributed by atoms with van der Waals surface area (Å²) in [6.07, 6.45) is 0.717. The number of nitrogens with zero attached hydrogens (tertiary/aromatic N) is 1. The zero-order valence-electron chi connectivity index (χ0n) is 8.61. The van der Waals surface area contributed by atoms with E-state index in [-0.39, 0.29) is 29.2 Å². The van der Waals surface area contributed by atoms with E-state index in [1.54, 1.807) is 6.92 Å². The molecule has 0 aromatic carbocycles. The van der Waals surface area contributed by atoms with E-state index in [4.69, 9.17) is 9.84 Å². The van der Waals surface area contributed by atoms with Gasteiger partial charge >= 0.3 is 0 Å². The fourth-order valence-corrected chi connectivity index (χ4v) is 1.32. The monoisotopic (exact) mass is 291 g/mol. The molecule has 88 valence electrons. The van der Waals surface area contributed by atoms with Crippen molar-refractivity contribution in [2.24, 2.45) is 0 Å². The summed E-state index contributed by atoms with van der Waals surface area (Å²) in [5.74, 6) is -1.46. The number of ether oxygens (including phenoxy) is 1. The zero-order valence-corrected chi connectivity index (χ0v) is 10.2. The van der Waals surface area contributed by atoms with Gasteiger partial charge in [-0.2, -0.15) is 0 Å². The van der Waals surface area contributed by atoms with Crippen LogP contribution in [-0.2, 0) is 0 Å². The molecule has 1 rings (SSSR count). The lowest BCUT2D eigenvalue weighted by Crippen LogP contribution is -2.18. The summed E-state index contributed by atoms with van der Waals surface area (Å²) < 4.78 is 18.7. The smallest absolute Gasteiger partial charge is 0.251 e. The highest BCUT2D eigenvalue weighted by Crippen LogP contribution is 2.19. The fourth-order valence-electron chi connectivity index (χ4n) is 1.02. The van der Waals surface area contributed by atoms with Crippen LogP contribution in [0, 0.1) is 5.82 Å². The predicted molar refractivity (Wildman–Crippen MR) is 59.5 cm³/mol. The molecule has 1 heterocycles. The third-order valence-corrected chi connectivity index (χ3v) is 2.36. The number of aliphatic hydroxyl groups is 1. The van der Waals surface area contributed by atoms with Gasteiger partial charge in [0.25, 0.3) is 5.88 Å². The van der Waals surface area contributed by atoms with Crippen LogP contribution >= 0.6 is 15.9 Å². The molecule has 16 heavy (non-hydrogen) atoms. The number of pyridine rings is 1. The summed E-state index contributed by atoms with van der Waals surface area (Å²) in [6, 6.07) is 1.29. The maximum atomic E-state index is 13.7. The Bertz CT molecular complexity index is 386. The molecule has 6 heteroatoms. The van der Waals surface area contributed by atoms with E-state index in [1.165, 1.54) is 12.3 Å². The molecular formula is C10H11BrFNO3. The molecular weight excluding hydrogens is 281 g/mol. The summed E-state index contributed by atoms with van der Waals surface area (Å²) in [4.78, 5) is 15.0. The van der Waals surface area contributed by atoms with Gasteiger partial charge in [-0.05, 0) is 13.0 Å². The van der Waals surface area contributed by atoms with Crippen molar-refractivity contribution in [1.29, 1.82) is 0 Å². The summed E-state index contributed by atoms with van der Waals surface area (Å²) in [7, 11) is 0. The van der Waals surface area contributed by atoms with E-state index in [2.05, 4.69) is 20.9 Å². The second-order valence-electron chi connectivity index (χ2n) is 3.15. The Hall–Kier alpha value is -1.01. The van der Waals surface area contributed by atoms with Crippen molar-refractivity contribution < 1.29 is 19.0 Å². The van der Waals surface area contributed by atoms with Gasteiger partial charge in [-0.15, -0.1) is 0 Å². The van der Waals surface area contributed by atoms with Crippen molar-refractivity contribution >= 4 is 21.7 Å². The van der Waals surface area contributed by atoms with Crippen LogP contribution in [0.5, 0.6) is 5.88 Å². The quantitative estimate of drug-likeness (QED) is 0.661. The molecule has 0 aliphatic rings. The molecule has 0 amide bonds. The van der Waals surface area contributed by atoms with E-state index < -0.39 is 11.9 Å². The Morgan fingerprint density at radius 3 is 3.00 bits per heavy atom. The predicted octanol–water partition coefficient (Wildman–Crippen LogP) is 1.56. The molecule has 1 aromatic rings. The first-order valence-corrected chi connectivity index (χ1v) is 5.73. The average molecular weight is 292 g/mol. The summed E-state index contributed by atoms with van der Waals surface area (Å²) in [5.41, 5.74) is -0.0768. The number of aliphatic hydroxyl groups excluding tert-OH is 1. The van der Waals surface area contributed by atoms with Crippen LogP contribution < -0.4 is 4.74 Å². The van der Waals surface area contributed by atoms with Crippen molar-refractivity contribution in [2.45, 2.75) is 13.0 Å². The minimum Gasteiger partial charge on any atom is -0.470 e. The standard InChI is InChI=1S/C10H11BrFNO3/c1-6(5-14)16-10-9(12)7(2-3-13-10)8(15)4-11/h2-3,6,14H,4-5H2,1H3. The molecule has 1 aromatic heterocycles. The van der Waals surface area contributed by atoms with Gasteiger partial charge in [0.1, 0.15) is 6.10 Å². The van der Waals surface area contributed by atoms with Gasteiger partial charge in [-0.1, -0.05) is 15.9 Å². The first-order valence-electron chi connectivity index (χ1n) is 4.61. The van der Waals surface area contributed by atoms with Crippen LogP contribution in [0.4, 0.5) is 4.39 Å². The summed E-state index contributed by atoms with van der Waals surface area (Å²) in [6.45, 7) is 1.32. The van der Waals surface area contributed by atoms with Gasteiger partial charge in [-0.25, -0.2) is 9.37 Å². The number of aromatic nitrogens is 1. The highest BCUT2D eigenvalue weighted by atomic mass is 79.9. The third kappa shape index (κ3) is 2.99. The Labute approximate surface area is 101 Å². The topological polar surface area (TPSA) is 59.4 Å². The van der Waals surface area contributed by atoms with Crippen LogP contribution in [0.2, 0.25) is 0 Å². The number of halogens is 2. The number of hydrogen-bond donors (Lipinski definition) is 1. The number of hydrogen-bond acceptors (Lipinski definition) is 4. The van der Waals surface area contributed by atoms with E-state index in [0.29, 0.717) is 0 Å². The molecule has 0 aliphatic heterocycles. The van der Waals surface area contributed by atoms with Gasteiger partial charge in [0.15, 0.2) is 11.6 Å². The highest BCUT2D eigenvalue weighted by molar-refractivity contribution is 9.09. The van der Waals surface area contributed by atoms with Crippen LogP contribution in [0.25, 0.3) is 0 Å². The molecule has 0 fully saturated rings. The first-order chi connectivity index (χ1) is 7.60. The van der Waals surface area contributed by atoms with Gasteiger partial charge in [-0.3, -0.25) is 4.79 Å². The maximum absolute atomic E-state index is 13.7. The second-order valence-corrected chi connectivity index (χ2v) is 3.71. The van der Waals surface area contributed by atoms with Gasteiger partial charge in [0.2, 0.25) is 0 Å². The molecule has 0 saturated carbocycles. The van der Waals surface area contributed by atoms with Crippen molar-refractivity contribution in [3.8, 4) is 5.88 Å². The number of carbonyl (C=O) groups excluding carboxylic acids is 1. The molecule has 0 bridgehead atoms. The Kier molecular flexibility index (Phi) is 4.82. The SMILES string of the molecule is CC(CO)Oc1nccc(C(=O)CBr)c1F. The molecule has 0 aliphatic carbocycles. The summed E-state index contributed by atoms with van der Waals surface area (Å²) in [5, 5.41) is 8.79. The van der Waals surface area contributed by atoms with Crippen LogP contribution in [-0.4, -0.2) is 33.9 Å². The molecule has 1 atom stereocenters. The molecule has 0 spiro atoms. The van der Waals surface area contributed by atoms with E-state index in [9.17, 15) is 9.18 Å². The number of ketones is 1. The highest BCUT2D eigenvalue weighted by Gasteiger charge is 2.17. The Morgan fingerprint density at radius 1 is 1.75 bits per heavy atom. The first kappa shape index (κ1) is 13.1. The van der Waals surface area contributed by atoms with Gasteiger partial charge in [0, 0.05) is 6.20 Å². The lowest BCUT2D eigenvalue weighted by molar-refractivity contribution is 0.101. The lowest BCUT2D eigenvalue weighted by atomic mass is 10.2. The lowest BCUT2D eigenvalue weighted by Gasteiger charge is -2.12. The van der Waals surface area contributed by atoms with E-state index >= 15 is 0 Å². The number of carbonyl (C=O) groups is 1. The average Bonchev–Trinajstić information content (AvgIpc) is 2.30. The fraction of sp³-hybridized carbons (Fsp3) is 0.400. The van der Waals surface area contributed by atoms with Crippen molar-refractivity contribution in [1.82, 2.24) is 4.98 Å². The number of rotatable bonds is 5. The second kappa shape index (κ2) is 5.91. The molecule has 0 radical (unpaired) electrons. The normalized spacial score (nSPS) is 12.2. The largest absolute Gasteiger partial charge is 0.470 e. The Morgan fingerprint density at radius 2 is 2.44 bits per heavy atom. The molecule has 0 saturated heterocycles. The molecule has 1 unspecified atom stereocenters. The summed E-state index contributed by atoms with van der Waals surface area (Å²) >= 11 is 2.96. The zero-order chi connectivity index (χ0) is 12.1. The maximum Gasteiger partial charge on any atom is 0.251 e. The molecule has 1 N–H and O–H groups in total. The minimum absolute atomic E-state index is 0.0307. The number of alkyl halides is 1. The van der Waals surface area contributed by atoms with Crippen LogP contribution in [0.1, 0.15) is 17.3 Å². The van der Waals surface area contributed by atoms with Crippen LogP contribution in [0.3, 0.4) is 0 Å². The van der Waals surface area contributed by atoms with Crippen molar-refractivity contribution in [3.05, 3.63) is 23.6 Å². The third-order valence-electron chi connectivity index (χ3n) is 1.85. The van der Waals surface area contributed by atoms with Crippen molar-refractivity contribution in [2.75, 3.05) is 11.9 Å². The Balaban J connectivity index is 2.99. The molecule has 4 nitrogen and oxygen atoms in total. The number of Topliss-reactive ketones (excluding diaryl/α,β-unsaturated/α-hetero) is 1. The van der Waals surface area contributed by atoms with E-state index in [0.717, 1.165) is 0 Å². The van der Waals surface area contributed by atoms with Crippen LogP contribution in [0.15, 0.2) is 12.3 Å². The minimum atomic E-state index is -0.799. The van der Waals surface area contributed by atoms with E-state index in [1.807, 2.05) is 0 Å². The van der Waals surface area contributed by atoms with Gasteiger partial charge in [0.05, 0.1) is 17.5 Å². The van der Waals surface area contributed by atoms with Crippen molar-refractivity contribution in [3.63, 3.8) is 0 Å². The van der Waals surface area contributed by atoms with Gasteiger partial charge < -0.3 is 9.84 Å².